The number of nitrogens with zero attached hydrogens (tertiary/aromatic N) is 1. The first-order chi connectivity index (χ1) is 8.86. The van der Waals surface area contributed by atoms with Crippen LogP contribution in [0.1, 0.15) is 51.4 Å². The van der Waals surface area contributed by atoms with E-state index in [2.05, 4.69) is 17.3 Å². The van der Waals surface area contributed by atoms with Crippen molar-refractivity contribution in [3.63, 3.8) is 0 Å². The van der Waals surface area contributed by atoms with Crippen LogP contribution in [0.4, 0.5) is 0 Å². The minimum atomic E-state index is 0.487. The van der Waals surface area contributed by atoms with Gasteiger partial charge in [-0.2, -0.15) is 0 Å². The van der Waals surface area contributed by atoms with E-state index >= 15 is 0 Å². The average molecular weight is 254 g/mol. The van der Waals surface area contributed by atoms with Crippen LogP contribution in [-0.4, -0.2) is 50.3 Å². The van der Waals surface area contributed by atoms with Gasteiger partial charge in [0.15, 0.2) is 0 Å². The average Bonchev–Trinajstić information content (AvgIpc) is 2.92. The zero-order chi connectivity index (χ0) is 12.6. The summed E-state index contributed by atoms with van der Waals surface area (Å²) >= 11 is 0. The first kappa shape index (κ1) is 14.3. The van der Waals surface area contributed by atoms with Gasteiger partial charge < -0.3 is 15.0 Å². The van der Waals surface area contributed by atoms with Crippen molar-refractivity contribution in [3.8, 4) is 0 Å². The maximum Gasteiger partial charge on any atom is 0.0700 e. The summed E-state index contributed by atoms with van der Waals surface area (Å²) in [6.45, 7) is 4.39. The number of hydrogen-bond acceptors (Lipinski definition) is 3. The summed E-state index contributed by atoms with van der Waals surface area (Å²) in [5.74, 6) is 0. The van der Waals surface area contributed by atoms with Gasteiger partial charge in [-0.15, -0.1) is 0 Å². The summed E-state index contributed by atoms with van der Waals surface area (Å²) in [5.41, 5.74) is 0. The molecule has 0 aromatic rings. The summed E-state index contributed by atoms with van der Waals surface area (Å²) in [6.07, 6.45) is 11.4. The van der Waals surface area contributed by atoms with Crippen LogP contribution in [0.5, 0.6) is 0 Å². The SMILES string of the molecule is CN(CCCNCC1CCCO1)C1CCCCC1. The van der Waals surface area contributed by atoms with Crippen molar-refractivity contribution in [2.24, 2.45) is 0 Å². The van der Waals surface area contributed by atoms with Crippen molar-refractivity contribution in [3.05, 3.63) is 0 Å². The number of nitrogens with one attached hydrogen (secondary N) is 1. The van der Waals surface area contributed by atoms with E-state index in [9.17, 15) is 0 Å². The molecule has 1 saturated carbocycles. The maximum atomic E-state index is 5.60. The van der Waals surface area contributed by atoms with Gasteiger partial charge >= 0.3 is 0 Å². The quantitative estimate of drug-likeness (QED) is 0.706. The zero-order valence-corrected chi connectivity index (χ0v) is 12.0. The summed E-state index contributed by atoms with van der Waals surface area (Å²) in [6, 6.07) is 0.858. The third-order valence-corrected chi connectivity index (χ3v) is 4.46. The largest absolute Gasteiger partial charge is 0.377 e. The van der Waals surface area contributed by atoms with Gasteiger partial charge in [-0.25, -0.2) is 0 Å². The Kier molecular flexibility index (Phi) is 6.46. The second-order valence-electron chi connectivity index (χ2n) is 5.97. The van der Waals surface area contributed by atoms with Crippen molar-refractivity contribution in [1.82, 2.24) is 10.2 Å². The molecule has 2 rings (SSSR count). The highest BCUT2D eigenvalue weighted by atomic mass is 16.5. The van der Waals surface area contributed by atoms with Gasteiger partial charge in [0.1, 0.15) is 0 Å². The third kappa shape index (κ3) is 4.87. The van der Waals surface area contributed by atoms with E-state index in [4.69, 9.17) is 4.74 Å². The molecule has 0 amide bonds. The molecule has 1 atom stereocenters. The minimum Gasteiger partial charge on any atom is -0.377 e. The van der Waals surface area contributed by atoms with Crippen LogP contribution < -0.4 is 5.32 Å². The van der Waals surface area contributed by atoms with Crippen LogP contribution >= 0.6 is 0 Å². The Morgan fingerprint density at radius 2 is 1.94 bits per heavy atom. The lowest BCUT2D eigenvalue weighted by atomic mass is 9.94. The Morgan fingerprint density at radius 3 is 2.67 bits per heavy atom. The molecule has 1 unspecified atom stereocenters. The van der Waals surface area contributed by atoms with Gasteiger partial charge in [0.2, 0.25) is 0 Å². The van der Waals surface area contributed by atoms with E-state index in [1.807, 2.05) is 0 Å². The van der Waals surface area contributed by atoms with Crippen LogP contribution in [0.25, 0.3) is 0 Å². The molecule has 1 aliphatic carbocycles. The number of rotatable bonds is 7. The third-order valence-electron chi connectivity index (χ3n) is 4.46. The van der Waals surface area contributed by atoms with Gasteiger partial charge in [0.25, 0.3) is 0 Å². The minimum absolute atomic E-state index is 0.487. The van der Waals surface area contributed by atoms with E-state index in [-0.39, 0.29) is 0 Å². The van der Waals surface area contributed by atoms with E-state index < -0.39 is 0 Å². The fourth-order valence-electron chi connectivity index (χ4n) is 3.23. The highest BCUT2D eigenvalue weighted by Gasteiger charge is 2.17. The summed E-state index contributed by atoms with van der Waals surface area (Å²) < 4.78 is 5.60. The first-order valence-electron chi connectivity index (χ1n) is 7.89. The Labute approximate surface area is 112 Å². The van der Waals surface area contributed by atoms with Gasteiger partial charge in [-0.05, 0) is 52.2 Å². The molecule has 0 bridgehead atoms. The standard InChI is InChI=1S/C15H30N2O/c1-17(14-7-3-2-4-8-14)11-6-10-16-13-15-9-5-12-18-15/h14-16H,2-13H2,1H3. The predicted molar refractivity (Wildman–Crippen MR) is 76.0 cm³/mol. The van der Waals surface area contributed by atoms with Crippen molar-refractivity contribution in [2.45, 2.75) is 63.5 Å². The predicted octanol–water partition coefficient (Wildman–Crippen LogP) is 2.41. The monoisotopic (exact) mass is 254 g/mol. The highest BCUT2D eigenvalue weighted by molar-refractivity contribution is 4.74. The van der Waals surface area contributed by atoms with Crippen molar-refractivity contribution >= 4 is 0 Å². The molecular weight excluding hydrogens is 224 g/mol. The molecule has 18 heavy (non-hydrogen) atoms. The van der Waals surface area contributed by atoms with Crippen molar-refractivity contribution in [1.29, 1.82) is 0 Å². The molecule has 0 spiro atoms. The summed E-state index contributed by atoms with van der Waals surface area (Å²) in [4.78, 5) is 2.58. The fraction of sp³-hybridized carbons (Fsp3) is 1.00. The van der Waals surface area contributed by atoms with Crippen LogP contribution in [0.15, 0.2) is 0 Å². The molecule has 1 aliphatic heterocycles. The summed E-state index contributed by atoms with van der Waals surface area (Å²) in [7, 11) is 2.30. The molecule has 3 heteroatoms. The molecule has 0 aromatic heterocycles. The van der Waals surface area contributed by atoms with Crippen LogP contribution in [0.2, 0.25) is 0 Å². The Balaban J connectivity index is 1.46. The number of hydrogen-bond donors (Lipinski definition) is 1. The Morgan fingerprint density at radius 1 is 1.11 bits per heavy atom. The molecule has 0 radical (unpaired) electrons. The molecule has 3 nitrogen and oxygen atoms in total. The second-order valence-corrected chi connectivity index (χ2v) is 5.97. The molecule has 1 heterocycles. The van der Waals surface area contributed by atoms with Gasteiger partial charge in [-0.1, -0.05) is 19.3 Å². The van der Waals surface area contributed by atoms with Crippen LogP contribution in [0, 0.1) is 0 Å². The topological polar surface area (TPSA) is 24.5 Å². The molecule has 106 valence electrons. The van der Waals surface area contributed by atoms with E-state index in [0.29, 0.717) is 6.10 Å². The zero-order valence-electron chi connectivity index (χ0n) is 12.0. The maximum absolute atomic E-state index is 5.60. The van der Waals surface area contributed by atoms with Crippen molar-refractivity contribution in [2.75, 3.05) is 33.3 Å². The number of ether oxygens (including phenoxy) is 1. The molecule has 1 saturated heterocycles. The van der Waals surface area contributed by atoms with Gasteiger partial charge in [-0.3, -0.25) is 0 Å². The smallest absolute Gasteiger partial charge is 0.0700 e. The van der Waals surface area contributed by atoms with Crippen LogP contribution in [0.3, 0.4) is 0 Å². The molecule has 2 fully saturated rings. The molecular formula is C15H30N2O. The lowest BCUT2D eigenvalue weighted by Gasteiger charge is -2.31. The van der Waals surface area contributed by atoms with E-state index in [1.54, 1.807) is 0 Å². The fourth-order valence-corrected chi connectivity index (χ4v) is 3.23. The van der Waals surface area contributed by atoms with Crippen LogP contribution in [-0.2, 0) is 4.74 Å². The first-order valence-corrected chi connectivity index (χ1v) is 7.89. The summed E-state index contributed by atoms with van der Waals surface area (Å²) in [5, 5.41) is 3.53. The van der Waals surface area contributed by atoms with Gasteiger partial charge in [0.05, 0.1) is 6.10 Å². The lowest BCUT2D eigenvalue weighted by molar-refractivity contribution is 0.109. The molecule has 1 N–H and O–H groups in total. The normalized spacial score (nSPS) is 26.0. The lowest BCUT2D eigenvalue weighted by Crippen LogP contribution is -2.36. The highest BCUT2D eigenvalue weighted by Crippen LogP contribution is 2.21. The Bertz CT molecular complexity index is 211. The molecule has 2 aliphatic rings. The van der Waals surface area contributed by atoms with E-state index in [0.717, 1.165) is 25.7 Å². The Hall–Kier alpha value is -0.120. The van der Waals surface area contributed by atoms with Gasteiger partial charge in [0, 0.05) is 19.2 Å². The van der Waals surface area contributed by atoms with E-state index in [1.165, 1.54) is 57.9 Å². The second kappa shape index (κ2) is 8.13. The molecule has 0 aromatic carbocycles. The van der Waals surface area contributed by atoms with Crippen molar-refractivity contribution < 1.29 is 4.74 Å².